The summed E-state index contributed by atoms with van der Waals surface area (Å²) in [6, 6.07) is 7.00. The molecule has 2 rings (SSSR count). The van der Waals surface area contributed by atoms with Crippen molar-refractivity contribution in [3.8, 4) is 0 Å². The molecule has 1 aromatic rings. The molecule has 0 N–H and O–H groups in total. The molecule has 14 heavy (non-hydrogen) atoms. The highest BCUT2D eigenvalue weighted by molar-refractivity contribution is 5.26. The summed E-state index contributed by atoms with van der Waals surface area (Å²) in [7, 11) is 0. The van der Waals surface area contributed by atoms with Crippen LogP contribution in [0.5, 0.6) is 0 Å². The lowest BCUT2D eigenvalue weighted by Crippen LogP contribution is -1.91. The van der Waals surface area contributed by atoms with Crippen molar-refractivity contribution in [3.05, 3.63) is 35.6 Å². The van der Waals surface area contributed by atoms with Crippen LogP contribution in [0, 0.1) is 17.7 Å². The molecule has 0 amide bonds. The fraction of sp³-hybridized carbons (Fsp3) is 0.538. The molecule has 0 spiro atoms. The Labute approximate surface area is 85.1 Å². The van der Waals surface area contributed by atoms with Gasteiger partial charge in [0.15, 0.2) is 0 Å². The van der Waals surface area contributed by atoms with Crippen molar-refractivity contribution >= 4 is 0 Å². The molecule has 1 aliphatic rings. The van der Waals surface area contributed by atoms with Crippen molar-refractivity contribution in [2.75, 3.05) is 0 Å². The van der Waals surface area contributed by atoms with Gasteiger partial charge in [0.25, 0.3) is 0 Å². The molecule has 0 saturated heterocycles. The van der Waals surface area contributed by atoms with E-state index < -0.39 is 0 Å². The molecule has 0 heterocycles. The molecule has 0 radical (unpaired) electrons. The Balaban J connectivity index is 1.96. The topological polar surface area (TPSA) is 0 Å². The van der Waals surface area contributed by atoms with Gasteiger partial charge in [-0.15, -0.1) is 0 Å². The van der Waals surface area contributed by atoms with E-state index in [1.165, 1.54) is 18.4 Å². The van der Waals surface area contributed by atoms with Crippen LogP contribution in [0.25, 0.3) is 0 Å². The first-order chi connectivity index (χ1) is 6.66. The van der Waals surface area contributed by atoms with E-state index in [2.05, 4.69) is 13.8 Å². The van der Waals surface area contributed by atoms with Gasteiger partial charge in [0, 0.05) is 0 Å². The molecule has 0 nitrogen and oxygen atoms in total. The van der Waals surface area contributed by atoms with E-state index in [0.29, 0.717) is 5.92 Å². The first-order valence-corrected chi connectivity index (χ1v) is 5.42. The minimum Gasteiger partial charge on any atom is -0.207 e. The summed E-state index contributed by atoms with van der Waals surface area (Å²) in [5.41, 5.74) is 1.32. The summed E-state index contributed by atoms with van der Waals surface area (Å²) in [6.07, 6.45) is 2.60. The molecule has 2 unspecified atom stereocenters. The highest BCUT2D eigenvalue weighted by Crippen LogP contribution is 2.50. The summed E-state index contributed by atoms with van der Waals surface area (Å²) in [6.45, 7) is 4.53. The summed E-state index contributed by atoms with van der Waals surface area (Å²) >= 11 is 0. The third kappa shape index (κ3) is 2.14. The van der Waals surface area contributed by atoms with E-state index in [4.69, 9.17) is 0 Å². The van der Waals surface area contributed by atoms with Crippen LogP contribution in [0.1, 0.15) is 38.2 Å². The maximum Gasteiger partial charge on any atom is 0.123 e. The maximum atomic E-state index is 12.7. The molecule has 0 aliphatic heterocycles. The first-order valence-electron chi connectivity index (χ1n) is 5.42. The zero-order chi connectivity index (χ0) is 10.1. The van der Waals surface area contributed by atoms with Gasteiger partial charge >= 0.3 is 0 Å². The molecule has 1 fully saturated rings. The van der Waals surface area contributed by atoms with E-state index in [9.17, 15) is 4.39 Å². The molecule has 0 bridgehead atoms. The first kappa shape index (κ1) is 9.70. The van der Waals surface area contributed by atoms with Gasteiger partial charge in [-0.3, -0.25) is 0 Å². The van der Waals surface area contributed by atoms with Crippen LogP contribution in [-0.2, 0) is 0 Å². The maximum absolute atomic E-state index is 12.7. The average molecular weight is 192 g/mol. The van der Waals surface area contributed by atoms with Gasteiger partial charge in [-0.2, -0.15) is 0 Å². The van der Waals surface area contributed by atoms with Gasteiger partial charge in [0.05, 0.1) is 0 Å². The van der Waals surface area contributed by atoms with E-state index >= 15 is 0 Å². The highest BCUT2D eigenvalue weighted by atomic mass is 19.1. The Morgan fingerprint density at radius 3 is 2.50 bits per heavy atom. The van der Waals surface area contributed by atoms with Crippen molar-refractivity contribution in [3.63, 3.8) is 0 Å². The zero-order valence-electron chi connectivity index (χ0n) is 8.83. The van der Waals surface area contributed by atoms with Gasteiger partial charge in [-0.1, -0.05) is 26.0 Å². The van der Waals surface area contributed by atoms with Crippen molar-refractivity contribution in [2.24, 2.45) is 11.8 Å². The number of rotatable bonds is 3. The van der Waals surface area contributed by atoms with E-state index in [1.807, 2.05) is 12.1 Å². The Kier molecular flexibility index (Phi) is 2.58. The standard InChI is InChI=1S/C13H17F/c1-9(2)7-11-8-13(11)10-3-5-12(14)6-4-10/h3-6,9,11,13H,7-8H2,1-2H3. The summed E-state index contributed by atoms with van der Waals surface area (Å²) in [5, 5.41) is 0. The second-order valence-corrected chi connectivity index (χ2v) is 4.78. The van der Waals surface area contributed by atoms with E-state index in [0.717, 1.165) is 11.8 Å². The lowest BCUT2D eigenvalue weighted by Gasteiger charge is -2.03. The third-order valence-electron chi connectivity index (χ3n) is 2.99. The zero-order valence-corrected chi connectivity index (χ0v) is 8.83. The molecule has 76 valence electrons. The predicted molar refractivity (Wildman–Crippen MR) is 56.7 cm³/mol. The molecule has 2 atom stereocenters. The number of hydrogen-bond donors (Lipinski definition) is 0. The highest BCUT2D eigenvalue weighted by Gasteiger charge is 2.37. The second kappa shape index (κ2) is 3.72. The molecule has 1 saturated carbocycles. The number of halogens is 1. The van der Waals surface area contributed by atoms with Gasteiger partial charge in [-0.25, -0.2) is 4.39 Å². The second-order valence-electron chi connectivity index (χ2n) is 4.78. The fourth-order valence-corrected chi connectivity index (χ4v) is 2.23. The quantitative estimate of drug-likeness (QED) is 0.679. The van der Waals surface area contributed by atoms with E-state index in [1.54, 1.807) is 12.1 Å². The average Bonchev–Trinajstić information content (AvgIpc) is 2.84. The largest absolute Gasteiger partial charge is 0.207 e. The number of benzene rings is 1. The normalized spacial score (nSPS) is 25.4. The SMILES string of the molecule is CC(C)CC1CC1c1ccc(F)cc1. The van der Waals surface area contributed by atoms with Crippen LogP contribution in [0.3, 0.4) is 0 Å². The van der Waals surface area contributed by atoms with Gasteiger partial charge < -0.3 is 0 Å². The van der Waals surface area contributed by atoms with Crippen molar-refractivity contribution in [1.29, 1.82) is 0 Å². The monoisotopic (exact) mass is 192 g/mol. The molecular weight excluding hydrogens is 175 g/mol. The van der Waals surface area contributed by atoms with E-state index in [-0.39, 0.29) is 5.82 Å². The molecule has 1 aliphatic carbocycles. The van der Waals surface area contributed by atoms with Crippen LogP contribution in [0.2, 0.25) is 0 Å². The smallest absolute Gasteiger partial charge is 0.123 e. The summed E-state index contributed by atoms with van der Waals surface area (Å²) in [4.78, 5) is 0. The fourth-order valence-electron chi connectivity index (χ4n) is 2.23. The van der Waals surface area contributed by atoms with Gasteiger partial charge in [-0.05, 0) is 48.3 Å². The Hall–Kier alpha value is -0.850. The Morgan fingerprint density at radius 1 is 1.29 bits per heavy atom. The Morgan fingerprint density at radius 2 is 1.93 bits per heavy atom. The predicted octanol–water partition coefficient (Wildman–Crippen LogP) is 3.98. The molecule has 1 heteroatoms. The lowest BCUT2D eigenvalue weighted by atomic mass is 10.0. The minimum atomic E-state index is -0.130. The third-order valence-corrected chi connectivity index (χ3v) is 2.99. The van der Waals surface area contributed by atoms with Gasteiger partial charge in [0.2, 0.25) is 0 Å². The van der Waals surface area contributed by atoms with Crippen LogP contribution in [-0.4, -0.2) is 0 Å². The minimum absolute atomic E-state index is 0.130. The van der Waals surface area contributed by atoms with Crippen LogP contribution < -0.4 is 0 Å². The number of hydrogen-bond acceptors (Lipinski definition) is 0. The van der Waals surface area contributed by atoms with Gasteiger partial charge in [0.1, 0.15) is 5.82 Å². The molecule has 1 aromatic carbocycles. The van der Waals surface area contributed by atoms with Crippen LogP contribution in [0.15, 0.2) is 24.3 Å². The van der Waals surface area contributed by atoms with Crippen molar-refractivity contribution in [1.82, 2.24) is 0 Å². The van der Waals surface area contributed by atoms with Crippen LogP contribution in [0.4, 0.5) is 4.39 Å². The Bertz CT molecular complexity index is 300. The molecule has 0 aromatic heterocycles. The van der Waals surface area contributed by atoms with Crippen molar-refractivity contribution < 1.29 is 4.39 Å². The summed E-state index contributed by atoms with van der Waals surface area (Å²) in [5.74, 6) is 2.21. The lowest BCUT2D eigenvalue weighted by molar-refractivity contribution is 0.532. The van der Waals surface area contributed by atoms with Crippen LogP contribution >= 0.6 is 0 Å². The summed E-state index contributed by atoms with van der Waals surface area (Å²) < 4.78 is 12.7. The van der Waals surface area contributed by atoms with Crippen molar-refractivity contribution in [2.45, 2.75) is 32.6 Å². The molecular formula is C13H17F.